The summed E-state index contributed by atoms with van der Waals surface area (Å²) < 4.78 is 5.48. The molecule has 0 aliphatic carbocycles. The van der Waals surface area contributed by atoms with E-state index in [2.05, 4.69) is 24.4 Å². The van der Waals surface area contributed by atoms with Crippen LogP contribution in [0.3, 0.4) is 0 Å². The van der Waals surface area contributed by atoms with Gasteiger partial charge in [-0.1, -0.05) is 12.2 Å². The Bertz CT molecular complexity index is 176. The van der Waals surface area contributed by atoms with E-state index in [9.17, 15) is 0 Å². The molecule has 0 aromatic carbocycles. The van der Waals surface area contributed by atoms with Gasteiger partial charge in [0, 0.05) is 19.2 Å². The number of rotatable bonds is 6. The Morgan fingerprint density at radius 1 is 1.60 bits per heavy atom. The van der Waals surface area contributed by atoms with Crippen LogP contribution in [0.2, 0.25) is 0 Å². The van der Waals surface area contributed by atoms with Crippen molar-refractivity contribution >= 4 is 0 Å². The van der Waals surface area contributed by atoms with Crippen molar-refractivity contribution in [3.63, 3.8) is 0 Å². The van der Waals surface area contributed by atoms with Crippen molar-refractivity contribution < 1.29 is 4.74 Å². The van der Waals surface area contributed by atoms with E-state index in [4.69, 9.17) is 10.5 Å². The van der Waals surface area contributed by atoms with Gasteiger partial charge in [-0.2, -0.15) is 0 Å². The molecule has 3 N–H and O–H groups in total. The molecular formula is C12H24N2O. The third-order valence-electron chi connectivity index (χ3n) is 2.97. The van der Waals surface area contributed by atoms with E-state index in [0.29, 0.717) is 18.5 Å². The minimum atomic E-state index is 0.426. The molecule has 0 spiro atoms. The molecule has 15 heavy (non-hydrogen) atoms. The van der Waals surface area contributed by atoms with Gasteiger partial charge in [0.15, 0.2) is 0 Å². The van der Waals surface area contributed by atoms with Crippen LogP contribution in [0.1, 0.15) is 26.2 Å². The van der Waals surface area contributed by atoms with E-state index >= 15 is 0 Å². The maximum absolute atomic E-state index is 5.78. The smallest absolute Gasteiger partial charge is 0.0509 e. The van der Waals surface area contributed by atoms with Crippen molar-refractivity contribution in [3.05, 3.63) is 12.2 Å². The van der Waals surface area contributed by atoms with Gasteiger partial charge in [0.1, 0.15) is 0 Å². The molecule has 1 saturated heterocycles. The van der Waals surface area contributed by atoms with Crippen LogP contribution in [0.5, 0.6) is 0 Å². The number of nitrogens with two attached hydrogens (primary N) is 1. The van der Waals surface area contributed by atoms with Crippen LogP contribution in [0.4, 0.5) is 0 Å². The van der Waals surface area contributed by atoms with Gasteiger partial charge in [0.05, 0.1) is 6.61 Å². The Morgan fingerprint density at radius 2 is 2.47 bits per heavy atom. The summed E-state index contributed by atoms with van der Waals surface area (Å²) in [4.78, 5) is 0. The summed E-state index contributed by atoms with van der Waals surface area (Å²) in [6.45, 7) is 5.58. The molecule has 1 rings (SSSR count). The van der Waals surface area contributed by atoms with Gasteiger partial charge < -0.3 is 15.8 Å². The Morgan fingerprint density at radius 3 is 3.07 bits per heavy atom. The molecule has 3 nitrogen and oxygen atoms in total. The first-order valence-electron chi connectivity index (χ1n) is 6.00. The molecule has 1 fully saturated rings. The highest BCUT2D eigenvalue weighted by molar-refractivity contribution is 4.82. The quantitative estimate of drug-likeness (QED) is 0.515. The fourth-order valence-corrected chi connectivity index (χ4v) is 2.04. The molecule has 0 radical (unpaired) electrons. The lowest BCUT2D eigenvalue weighted by atomic mass is 9.93. The van der Waals surface area contributed by atoms with E-state index < -0.39 is 0 Å². The fourth-order valence-electron chi connectivity index (χ4n) is 2.04. The topological polar surface area (TPSA) is 47.3 Å². The first-order chi connectivity index (χ1) is 7.38. The summed E-state index contributed by atoms with van der Waals surface area (Å²) in [5, 5.41) is 3.52. The molecule has 88 valence electrons. The molecule has 2 atom stereocenters. The van der Waals surface area contributed by atoms with Gasteiger partial charge in [0.2, 0.25) is 0 Å². The Kier molecular flexibility index (Phi) is 6.64. The van der Waals surface area contributed by atoms with Crippen molar-refractivity contribution in [1.29, 1.82) is 0 Å². The lowest BCUT2D eigenvalue weighted by Gasteiger charge is -2.30. The molecule has 1 heterocycles. The fraction of sp³-hybridized carbons (Fsp3) is 0.833. The van der Waals surface area contributed by atoms with E-state index in [-0.39, 0.29) is 0 Å². The van der Waals surface area contributed by atoms with Gasteiger partial charge in [-0.05, 0) is 38.6 Å². The number of hydrogen-bond acceptors (Lipinski definition) is 3. The summed E-state index contributed by atoms with van der Waals surface area (Å²) in [5.41, 5.74) is 5.78. The van der Waals surface area contributed by atoms with Crippen molar-refractivity contribution in [2.45, 2.75) is 32.2 Å². The predicted molar refractivity (Wildman–Crippen MR) is 63.8 cm³/mol. The minimum absolute atomic E-state index is 0.426. The second-order valence-electron chi connectivity index (χ2n) is 4.13. The monoisotopic (exact) mass is 212 g/mol. The summed E-state index contributed by atoms with van der Waals surface area (Å²) >= 11 is 0. The van der Waals surface area contributed by atoms with Crippen LogP contribution >= 0.6 is 0 Å². The first-order valence-corrected chi connectivity index (χ1v) is 6.00. The molecule has 0 saturated carbocycles. The highest BCUT2D eigenvalue weighted by atomic mass is 16.5. The van der Waals surface area contributed by atoms with Crippen molar-refractivity contribution in [1.82, 2.24) is 5.32 Å². The lowest BCUT2D eigenvalue weighted by molar-refractivity contribution is 0.0407. The zero-order chi connectivity index (χ0) is 10.9. The molecule has 2 unspecified atom stereocenters. The van der Waals surface area contributed by atoms with Gasteiger partial charge >= 0.3 is 0 Å². The van der Waals surface area contributed by atoms with Crippen LogP contribution in [0.25, 0.3) is 0 Å². The van der Waals surface area contributed by atoms with E-state index in [1.54, 1.807) is 0 Å². The Hall–Kier alpha value is -0.380. The highest BCUT2D eigenvalue weighted by Crippen LogP contribution is 2.16. The third-order valence-corrected chi connectivity index (χ3v) is 2.97. The van der Waals surface area contributed by atoms with Gasteiger partial charge in [-0.25, -0.2) is 0 Å². The Labute approximate surface area is 93.1 Å². The lowest BCUT2D eigenvalue weighted by Crippen LogP contribution is -2.45. The SMILES string of the molecule is C/C=C/CCNC(CN)C1CCCOC1. The summed E-state index contributed by atoms with van der Waals surface area (Å²) in [6.07, 6.45) is 7.78. The van der Waals surface area contributed by atoms with Gasteiger partial charge in [-0.3, -0.25) is 0 Å². The average Bonchev–Trinajstić information content (AvgIpc) is 2.30. The summed E-state index contributed by atoms with van der Waals surface area (Å²) in [7, 11) is 0. The van der Waals surface area contributed by atoms with Crippen LogP contribution in [-0.2, 0) is 4.74 Å². The van der Waals surface area contributed by atoms with Crippen LogP contribution < -0.4 is 11.1 Å². The second-order valence-corrected chi connectivity index (χ2v) is 4.13. The molecule has 0 aromatic heterocycles. The number of nitrogens with one attached hydrogen (secondary N) is 1. The largest absolute Gasteiger partial charge is 0.381 e. The average molecular weight is 212 g/mol. The number of ether oxygens (including phenoxy) is 1. The van der Waals surface area contributed by atoms with Gasteiger partial charge in [-0.15, -0.1) is 0 Å². The van der Waals surface area contributed by atoms with Crippen LogP contribution in [-0.4, -0.2) is 32.3 Å². The maximum Gasteiger partial charge on any atom is 0.0509 e. The molecule has 0 aromatic rings. The summed E-state index contributed by atoms with van der Waals surface area (Å²) in [6, 6.07) is 0.426. The van der Waals surface area contributed by atoms with Gasteiger partial charge in [0.25, 0.3) is 0 Å². The molecule has 0 amide bonds. The molecule has 1 aliphatic rings. The maximum atomic E-state index is 5.78. The van der Waals surface area contributed by atoms with Crippen LogP contribution in [0.15, 0.2) is 12.2 Å². The molecule has 0 bridgehead atoms. The zero-order valence-electron chi connectivity index (χ0n) is 9.74. The molecule has 3 heteroatoms. The number of hydrogen-bond donors (Lipinski definition) is 2. The molecule has 1 aliphatic heterocycles. The highest BCUT2D eigenvalue weighted by Gasteiger charge is 2.22. The Balaban J connectivity index is 2.21. The minimum Gasteiger partial charge on any atom is -0.381 e. The second kappa shape index (κ2) is 7.85. The number of allylic oxidation sites excluding steroid dienone is 1. The van der Waals surface area contributed by atoms with E-state index in [0.717, 1.165) is 26.2 Å². The van der Waals surface area contributed by atoms with E-state index in [1.807, 2.05) is 0 Å². The zero-order valence-corrected chi connectivity index (χ0v) is 9.74. The van der Waals surface area contributed by atoms with Crippen molar-refractivity contribution in [2.24, 2.45) is 11.7 Å². The first kappa shape index (κ1) is 12.7. The predicted octanol–water partition coefficient (Wildman–Crippen LogP) is 1.30. The molecular weight excluding hydrogens is 188 g/mol. The summed E-state index contributed by atoms with van der Waals surface area (Å²) in [5.74, 6) is 0.606. The standard InChI is InChI=1S/C12H24N2O/c1-2-3-4-7-14-12(9-13)11-6-5-8-15-10-11/h2-3,11-12,14H,4-10,13H2,1H3/b3-2+. The third kappa shape index (κ3) is 4.78. The van der Waals surface area contributed by atoms with Crippen LogP contribution in [0, 0.1) is 5.92 Å². The van der Waals surface area contributed by atoms with E-state index in [1.165, 1.54) is 12.8 Å². The van der Waals surface area contributed by atoms with Crippen molar-refractivity contribution in [2.75, 3.05) is 26.3 Å². The van der Waals surface area contributed by atoms with Crippen molar-refractivity contribution in [3.8, 4) is 0 Å². The normalized spacial score (nSPS) is 24.5.